The second-order valence-electron chi connectivity index (χ2n) is 4.12. The largest absolute Gasteiger partial charge is 0.492 e. The van der Waals surface area contributed by atoms with Gasteiger partial charge in [0, 0.05) is 12.1 Å². The minimum atomic E-state index is -1.56. The van der Waals surface area contributed by atoms with Crippen LogP contribution in [-0.4, -0.2) is 37.0 Å². The van der Waals surface area contributed by atoms with Crippen molar-refractivity contribution >= 4 is 23.4 Å². The number of hydrogen-bond donors (Lipinski definition) is 2. The van der Waals surface area contributed by atoms with Crippen LogP contribution in [0.25, 0.3) is 10.8 Å². The zero-order valence-corrected chi connectivity index (χ0v) is 10.9. The van der Waals surface area contributed by atoms with Gasteiger partial charge >= 0.3 is 7.12 Å². The van der Waals surface area contributed by atoms with Crippen molar-refractivity contribution in [2.24, 2.45) is 0 Å². The summed E-state index contributed by atoms with van der Waals surface area (Å²) in [6.45, 7) is 3.41. The lowest BCUT2D eigenvalue weighted by molar-refractivity contribution is 0.110. The zero-order valence-electron chi connectivity index (χ0n) is 10.9. The van der Waals surface area contributed by atoms with E-state index in [1.807, 2.05) is 37.3 Å². The van der Waals surface area contributed by atoms with Crippen molar-refractivity contribution in [3.8, 4) is 5.75 Å². The Bertz CT molecular complexity index is 542. The molecule has 100 valence electrons. The molecule has 2 aromatic rings. The first-order valence-corrected chi connectivity index (χ1v) is 6.32. The SMILES string of the molecule is CCOCCOc1ccc2ccccc2c1B(O)O. The van der Waals surface area contributed by atoms with E-state index in [1.54, 1.807) is 6.07 Å². The molecule has 0 saturated heterocycles. The van der Waals surface area contributed by atoms with E-state index in [9.17, 15) is 10.0 Å². The van der Waals surface area contributed by atoms with Crippen molar-refractivity contribution in [1.29, 1.82) is 0 Å². The van der Waals surface area contributed by atoms with E-state index in [4.69, 9.17) is 9.47 Å². The summed E-state index contributed by atoms with van der Waals surface area (Å²) in [5, 5.41) is 20.8. The van der Waals surface area contributed by atoms with Gasteiger partial charge in [-0.3, -0.25) is 0 Å². The molecule has 19 heavy (non-hydrogen) atoms. The Kier molecular flexibility index (Phi) is 4.79. The molecule has 4 nitrogen and oxygen atoms in total. The molecule has 0 spiro atoms. The Labute approximate surface area is 112 Å². The van der Waals surface area contributed by atoms with Crippen LogP contribution in [0.3, 0.4) is 0 Å². The molecular formula is C14H17BO4. The molecule has 0 radical (unpaired) electrons. The van der Waals surface area contributed by atoms with Gasteiger partial charge in [-0.1, -0.05) is 30.3 Å². The normalized spacial score (nSPS) is 10.7. The van der Waals surface area contributed by atoms with Crippen LogP contribution in [0.15, 0.2) is 36.4 Å². The van der Waals surface area contributed by atoms with E-state index in [-0.39, 0.29) is 0 Å². The Morgan fingerprint density at radius 2 is 1.84 bits per heavy atom. The summed E-state index contributed by atoms with van der Waals surface area (Å²) < 4.78 is 10.8. The predicted molar refractivity (Wildman–Crippen MR) is 75.8 cm³/mol. The summed E-state index contributed by atoms with van der Waals surface area (Å²) in [6.07, 6.45) is 0. The summed E-state index contributed by atoms with van der Waals surface area (Å²) in [6, 6.07) is 11.2. The summed E-state index contributed by atoms with van der Waals surface area (Å²) in [5.41, 5.74) is 0.398. The monoisotopic (exact) mass is 260 g/mol. The lowest BCUT2D eigenvalue weighted by Crippen LogP contribution is -2.32. The number of benzene rings is 2. The van der Waals surface area contributed by atoms with Crippen LogP contribution in [0.2, 0.25) is 0 Å². The van der Waals surface area contributed by atoms with Crippen LogP contribution in [-0.2, 0) is 4.74 Å². The van der Waals surface area contributed by atoms with E-state index in [0.29, 0.717) is 31.0 Å². The first kappa shape index (κ1) is 13.9. The molecule has 0 atom stereocenters. The van der Waals surface area contributed by atoms with E-state index in [0.717, 1.165) is 10.8 Å². The van der Waals surface area contributed by atoms with Gasteiger partial charge in [0.05, 0.1) is 6.61 Å². The second-order valence-corrected chi connectivity index (χ2v) is 4.12. The van der Waals surface area contributed by atoms with Crippen molar-refractivity contribution < 1.29 is 19.5 Å². The van der Waals surface area contributed by atoms with Gasteiger partial charge in [-0.25, -0.2) is 0 Å². The fourth-order valence-electron chi connectivity index (χ4n) is 2.02. The van der Waals surface area contributed by atoms with Gasteiger partial charge in [-0.05, 0) is 23.8 Å². The van der Waals surface area contributed by atoms with Crippen molar-refractivity contribution in [3.63, 3.8) is 0 Å². The van der Waals surface area contributed by atoms with E-state index < -0.39 is 7.12 Å². The number of ether oxygens (including phenoxy) is 2. The quantitative estimate of drug-likeness (QED) is 0.599. The van der Waals surface area contributed by atoms with Crippen molar-refractivity contribution in [1.82, 2.24) is 0 Å². The third kappa shape index (κ3) is 3.26. The molecule has 0 aromatic heterocycles. The molecule has 2 N–H and O–H groups in total. The third-order valence-electron chi connectivity index (χ3n) is 2.88. The molecule has 0 amide bonds. The topological polar surface area (TPSA) is 58.9 Å². The van der Waals surface area contributed by atoms with Gasteiger partial charge in [-0.15, -0.1) is 0 Å². The fraction of sp³-hybridized carbons (Fsp3) is 0.286. The maximum atomic E-state index is 9.55. The van der Waals surface area contributed by atoms with Gasteiger partial charge in [0.25, 0.3) is 0 Å². The first-order chi connectivity index (χ1) is 9.24. The standard InChI is InChI=1S/C14H17BO4/c1-2-18-9-10-19-13-8-7-11-5-3-4-6-12(11)14(13)15(16)17/h3-8,16-17H,2,9-10H2,1H3. The highest BCUT2D eigenvalue weighted by molar-refractivity contribution is 6.63. The van der Waals surface area contributed by atoms with Gasteiger partial charge in [-0.2, -0.15) is 0 Å². The smallest absolute Gasteiger partial charge is 0.492 e. The average molecular weight is 260 g/mol. The van der Waals surface area contributed by atoms with Crippen molar-refractivity contribution in [3.05, 3.63) is 36.4 Å². The summed E-state index contributed by atoms with van der Waals surface area (Å²) in [7, 11) is -1.56. The molecule has 0 aliphatic carbocycles. The number of fused-ring (bicyclic) bond motifs is 1. The first-order valence-electron chi connectivity index (χ1n) is 6.32. The van der Waals surface area contributed by atoms with Gasteiger partial charge in [0.1, 0.15) is 12.4 Å². The van der Waals surface area contributed by atoms with Crippen LogP contribution in [0.4, 0.5) is 0 Å². The number of rotatable bonds is 6. The van der Waals surface area contributed by atoms with Crippen LogP contribution in [0, 0.1) is 0 Å². The van der Waals surface area contributed by atoms with Gasteiger partial charge in [0.15, 0.2) is 0 Å². The van der Waals surface area contributed by atoms with Crippen LogP contribution in [0.1, 0.15) is 6.92 Å². The fourth-order valence-corrected chi connectivity index (χ4v) is 2.02. The van der Waals surface area contributed by atoms with E-state index >= 15 is 0 Å². The third-order valence-corrected chi connectivity index (χ3v) is 2.88. The zero-order chi connectivity index (χ0) is 13.7. The predicted octanol–water partition coefficient (Wildman–Crippen LogP) is 0.935. The van der Waals surface area contributed by atoms with E-state index in [1.165, 1.54) is 0 Å². The highest BCUT2D eigenvalue weighted by Gasteiger charge is 2.20. The molecule has 5 heteroatoms. The molecule has 2 rings (SSSR count). The molecule has 0 saturated carbocycles. The Hall–Kier alpha value is -1.56. The lowest BCUT2D eigenvalue weighted by atomic mass is 9.76. The Morgan fingerprint density at radius 1 is 1.05 bits per heavy atom. The van der Waals surface area contributed by atoms with Gasteiger partial charge in [0.2, 0.25) is 0 Å². The summed E-state index contributed by atoms with van der Waals surface area (Å²) in [5.74, 6) is 0.480. The second kappa shape index (κ2) is 6.56. The molecule has 0 unspecified atom stereocenters. The highest BCUT2D eigenvalue weighted by Crippen LogP contribution is 2.19. The van der Waals surface area contributed by atoms with Crippen LogP contribution < -0.4 is 10.2 Å². The van der Waals surface area contributed by atoms with E-state index in [2.05, 4.69) is 0 Å². The molecule has 0 aliphatic heterocycles. The molecule has 0 bridgehead atoms. The number of hydrogen-bond acceptors (Lipinski definition) is 4. The lowest BCUT2D eigenvalue weighted by Gasteiger charge is -2.13. The average Bonchev–Trinajstić information content (AvgIpc) is 2.42. The van der Waals surface area contributed by atoms with Gasteiger partial charge < -0.3 is 19.5 Å². The summed E-state index contributed by atoms with van der Waals surface area (Å²) >= 11 is 0. The molecule has 0 fully saturated rings. The molecule has 0 aliphatic rings. The minimum absolute atomic E-state index is 0.381. The van der Waals surface area contributed by atoms with Crippen LogP contribution >= 0.6 is 0 Å². The van der Waals surface area contributed by atoms with Crippen LogP contribution in [0.5, 0.6) is 5.75 Å². The minimum Gasteiger partial charge on any atom is -0.492 e. The molecule has 2 aromatic carbocycles. The maximum Gasteiger partial charge on any atom is 0.492 e. The maximum absolute atomic E-state index is 9.55. The Morgan fingerprint density at radius 3 is 2.58 bits per heavy atom. The molecule has 0 heterocycles. The highest BCUT2D eigenvalue weighted by atomic mass is 16.5. The molecular weight excluding hydrogens is 243 g/mol. The Balaban J connectivity index is 2.29. The van der Waals surface area contributed by atoms with Crippen molar-refractivity contribution in [2.45, 2.75) is 6.92 Å². The van der Waals surface area contributed by atoms with Crippen molar-refractivity contribution in [2.75, 3.05) is 19.8 Å². The summed E-state index contributed by atoms with van der Waals surface area (Å²) in [4.78, 5) is 0.